The van der Waals surface area contributed by atoms with Crippen molar-refractivity contribution >= 4 is 32.5 Å². The van der Waals surface area contributed by atoms with Crippen LogP contribution >= 0.6 is 15.9 Å². The monoisotopic (exact) mass is 417 g/mol. The lowest BCUT2D eigenvalue weighted by Gasteiger charge is -2.09. The van der Waals surface area contributed by atoms with Gasteiger partial charge in [0.05, 0.1) is 11.4 Å². The van der Waals surface area contributed by atoms with Crippen LogP contribution in [0.1, 0.15) is 18.4 Å². The number of nitrogens with one attached hydrogen (secondary N) is 1. The molecule has 0 aliphatic carbocycles. The Morgan fingerprint density at radius 1 is 0.926 bits per heavy atom. The number of hydrogen-bond donors (Lipinski definition) is 1. The van der Waals surface area contributed by atoms with Gasteiger partial charge in [-0.1, -0.05) is 64.5 Å². The number of halogens is 1. The first-order valence-electron chi connectivity index (χ1n) is 9.41. The van der Waals surface area contributed by atoms with Crippen molar-refractivity contribution in [3.05, 3.63) is 76.8 Å². The third-order valence-corrected chi connectivity index (χ3v) is 5.72. The van der Waals surface area contributed by atoms with E-state index in [0.29, 0.717) is 0 Å². The van der Waals surface area contributed by atoms with Crippen LogP contribution in [0.25, 0.3) is 27.7 Å². The molecule has 0 saturated carbocycles. The fourth-order valence-electron chi connectivity index (χ4n) is 3.95. The van der Waals surface area contributed by atoms with Gasteiger partial charge in [-0.05, 0) is 48.2 Å². The summed E-state index contributed by atoms with van der Waals surface area (Å²) in [4.78, 5) is 0. The van der Waals surface area contributed by atoms with E-state index in [2.05, 4.69) is 86.6 Å². The molecular formula is C23H20BrN3. The lowest BCUT2D eigenvalue weighted by Crippen LogP contribution is -2.07. The zero-order valence-electron chi connectivity index (χ0n) is 15.0. The van der Waals surface area contributed by atoms with Gasteiger partial charge < -0.3 is 5.32 Å². The Morgan fingerprint density at radius 2 is 1.78 bits per heavy atom. The predicted molar refractivity (Wildman–Crippen MR) is 116 cm³/mol. The smallest absolute Gasteiger partial charge is 0.133 e. The van der Waals surface area contributed by atoms with E-state index in [4.69, 9.17) is 5.10 Å². The van der Waals surface area contributed by atoms with Crippen LogP contribution in [0.15, 0.2) is 71.2 Å². The maximum Gasteiger partial charge on any atom is 0.133 e. The maximum atomic E-state index is 5.10. The number of fused-ring (bicyclic) bond motifs is 2. The zero-order valence-corrected chi connectivity index (χ0v) is 16.5. The van der Waals surface area contributed by atoms with Crippen LogP contribution in [-0.4, -0.2) is 16.3 Å². The van der Waals surface area contributed by atoms with Crippen LogP contribution in [-0.2, 0) is 6.42 Å². The van der Waals surface area contributed by atoms with Gasteiger partial charge in [-0.2, -0.15) is 5.10 Å². The van der Waals surface area contributed by atoms with E-state index in [0.717, 1.165) is 34.6 Å². The molecule has 3 aromatic carbocycles. The van der Waals surface area contributed by atoms with Gasteiger partial charge in [-0.15, -0.1) is 0 Å². The summed E-state index contributed by atoms with van der Waals surface area (Å²) in [6, 6.07) is 23.4. The number of aromatic nitrogens is 2. The number of benzene rings is 3. The molecule has 5 rings (SSSR count). The van der Waals surface area contributed by atoms with Crippen LogP contribution in [0.4, 0.5) is 5.82 Å². The average Bonchev–Trinajstić information content (AvgIpc) is 2.88. The van der Waals surface area contributed by atoms with Gasteiger partial charge in [-0.25, -0.2) is 4.68 Å². The molecule has 1 aliphatic rings. The second-order valence-corrected chi connectivity index (χ2v) is 7.89. The van der Waals surface area contributed by atoms with Gasteiger partial charge in [0.25, 0.3) is 0 Å². The first kappa shape index (κ1) is 16.6. The average molecular weight is 418 g/mol. The van der Waals surface area contributed by atoms with Crippen LogP contribution in [0.2, 0.25) is 0 Å². The first-order valence-corrected chi connectivity index (χ1v) is 10.2. The third kappa shape index (κ3) is 2.94. The SMILES string of the molecule is Brc1cccc(-n2nc(-c3cccc4ccccc34)c3c2NCCCC3)c1. The van der Waals surface area contributed by atoms with Gasteiger partial charge in [0.2, 0.25) is 0 Å². The Morgan fingerprint density at radius 3 is 2.70 bits per heavy atom. The molecule has 1 N–H and O–H groups in total. The van der Waals surface area contributed by atoms with Crippen molar-refractivity contribution in [1.82, 2.24) is 9.78 Å². The molecular weight excluding hydrogens is 398 g/mol. The molecule has 0 bridgehead atoms. The highest BCUT2D eigenvalue weighted by atomic mass is 79.9. The van der Waals surface area contributed by atoms with Crippen molar-refractivity contribution in [2.75, 3.05) is 11.9 Å². The minimum atomic E-state index is 0.988. The summed E-state index contributed by atoms with van der Waals surface area (Å²) < 4.78 is 3.13. The molecule has 134 valence electrons. The molecule has 4 heteroatoms. The van der Waals surface area contributed by atoms with Gasteiger partial charge in [0.15, 0.2) is 0 Å². The summed E-state index contributed by atoms with van der Waals surface area (Å²) in [5, 5.41) is 11.2. The minimum absolute atomic E-state index is 0.988. The van der Waals surface area contributed by atoms with Crippen LogP contribution in [0.3, 0.4) is 0 Å². The van der Waals surface area contributed by atoms with Crippen molar-refractivity contribution in [3.63, 3.8) is 0 Å². The molecule has 3 nitrogen and oxygen atoms in total. The van der Waals surface area contributed by atoms with Crippen LogP contribution in [0.5, 0.6) is 0 Å². The summed E-state index contributed by atoms with van der Waals surface area (Å²) in [7, 11) is 0. The highest BCUT2D eigenvalue weighted by molar-refractivity contribution is 9.10. The molecule has 1 aliphatic heterocycles. The van der Waals surface area contributed by atoms with Crippen LogP contribution in [0, 0.1) is 0 Å². The molecule has 0 spiro atoms. The molecule has 0 fully saturated rings. The number of hydrogen-bond acceptors (Lipinski definition) is 2. The summed E-state index contributed by atoms with van der Waals surface area (Å²) in [5.74, 6) is 1.13. The highest BCUT2D eigenvalue weighted by Crippen LogP contribution is 2.37. The quantitative estimate of drug-likeness (QED) is 0.420. The van der Waals surface area contributed by atoms with Gasteiger partial charge in [0, 0.05) is 22.1 Å². The molecule has 0 atom stereocenters. The molecule has 0 radical (unpaired) electrons. The Bertz CT molecular complexity index is 1120. The van der Waals surface area contributed by atoms with Gasteiger partial charge in [0.1, 0.15) is 5.82 Å². The third-order valence-electron chi connectivity index (χ3n) is 5.23. The summed E-state index contributed by atoms with van der Waals surface area (Å²) in [6.45, 7) is 0.988. The summed E-state index contributed by atoms with van der Waals surface area (Å²) >= 11 is 3.59. The normalized spacial score (nSPS) is 13.8. The lowest BCUT2D eigenvalue weighted by molar-refractivity contribution is 0.780. The van der Waals surface area contributed by atoms with Crippen molar-refractivity contribution < 1.29 is 0 Å². The predicted octanol–water partition coefficient (Wildman–Crippen LogP) is 6.20. The Balaban J connectivity index is 1.78. The topological polar surface area (TPSA) is 29.9 Å². The first-order chi connectivity index (χ1) is 13.3. The molecule has 0 unspecified atom stereocenters. The van der Waals surface area contributed by atoms with Crippen molar-refractivity contribution in [2.45, 2.75) is 19.3 Å². The molecule has 1 aromatic heterocycles. The minimum Gasteiger partial charge on any atom is -0.370 e. The molecule has 4 aromatic rings. The molecule has 2 heterocycles. The lowest BCUT2D eigenvalue weighted by atomic mass is 9.98. The van der Waals surface area contributed by atoms with E-state index in [1.807, 2.05) is 6.07 Å². The van der Waals surface area contributed by atoms with E-state index in [9.17, 15) is 0 Å². The fourth-order valence-corrected chi connectivity index (χ4v) is 4.33. The standard InChI is InChI=1S/C23H20BrN3/c24-17-9-6-10-18(15-17)27-23-21(12-3-4-14-25-23)22(26-27)20-13-5-8-16-7-1-2-11-19(16)20/h1-2,5-11,13,15,25H,3-4,12,14H2. The number of nitrogens with zero attached hydrogens (tertiary/aromatic N) is 2. The highest BCUT2D eigenvalue weighted by Gasteiger charge is 2.22. The van der Waals surface area contributed by atoms with Crippen molar-refractivity contribution in [3.8, 4) is 16.9 Å². The van der Waals surface area contributed by atoms with Crippen molar-refractivity contribution in [1.29, 1.82) is 0 Å². The van der Waals surface area contributed by atoms with E-state index in [1.165, 1.54) is 34.7 Å². The van der Waals surface area contributed by atoms with Crippen LogP contribution < -0.4 is 5.32 Å². The fraction of sp³-hybridized carbons (Fsp3) is 0.174. The largest absolute Gasteiger partial charge is 0.370 e. The maximum absolute atomic E-state index is 5.10. The second-order valence-electron chi connectivity index (χ2n) is 6.98. The second kappa shape index (κ2) is 6.86. The zero-order chi connectivity index (χ0) is 18.2. The summed E-state index contributed by atoms with van der Waals surface area (Å²) in [6.07, 6.45) is 3.42. The Hall–Kier alpha value is -2.59. The molecule has 0 saturated heterocycles. The van der Waals surface area contributed by atoms with E-state index in [-0.39, 0.29) is 0 Å². The van der Waals surface area contributed by atoms with Gasteiger partial charge >= 0.3 is 0 Å². The number of rotatable bonds is 2. The van der Waals surface area contributed by atoms with Crippen molar-refractivity contribution in [2.24, 2.45) is 0 Å². The van der Waals surface area contributed by atoms with E-state index in [1.54, 1.807) is 0 Å². The molecule has 0 amide bonds. The van der Waals surface area contributed by atoms with Gasteiger partial charge in [-0.3, -0.25) is 0 Å². The number of anilines is 1. The Labute approximate surface area is 167 Å². The molecule has 27 heavy (non-hydrogen) atoms. The summed E-state index contributed by atoms with van der Waals surface area (Å²) in [5.41, 5.74) is 4.70. The van der Waals surface area contributed by atoms with E-state index < -0.39 is 0 Å². The Kier molecular flexibility index (Phi) is 4.21. The van der Waals surface area contributed by atoms with E-state index >= 15 is 0 Å².